The largest absolute Gasteiger partial charge is 0.296 e. The third-order valence-electron chi connectivity index (χ3n) is 7.28. The molecule has 1 aliphatic heterocycles. The van der Waals surface area contributed by atoms with Gasteiger partial charge in [0.05, 0.1) is 0 Å². The van der Waals surface area contributed by atoms with E-state index in [0.717, 1.165) is 45.7 Å². The van der Waals surface area contributed by atoms with Crippen LogP contribution in [0.4, 0.5) is 0 Å². The summed E-state index contributed by atoms with van der Waals surface area (Å²) in [7, 11) is 0. The van der Waals surface area contributed by atoms with Crippen LogP contribution < -0.4 is 0 Å². The van der Waals surface area contributed by atoms with Gasteiger partial charge in [0.25, 0.3) is 0 Å². The Morgan fingerprint density at radius 2 is 1.00 bits per heavy atom. The minimum atomic E-state index is 0.947. The Kier molecular flexibility index (Phi) is 13.8. The Bertz CT molecular complexity index is 939. The second-order valence-electron chi connectivity index (χ2n) is 10.5. The van der Waals surface area contributed by atoms with Crippen LogP contribution in [0.15, 0.2) is 96.8 Å². The molecule has 2 aromatic rings. The summed E-state index contributed by atoms with van der Waals surface area (Å²) >= 11 is 1.95. The van der Waals surface area contributed by atoms with Crippen LogP contribution in [-0.4, -0.2) is 49.1 Å². The van der Waals surface area contributed by atoms with Crippen LogP contribution in [0.5, 0.6) is 0 Å². The fourth-order valence-electron chi connectivity index (χ4n) is 5.30. The number of benzene rings is 2. The quantitative estimate of drug-likeness (QED) is 0.107. The van der Waals surface area contributed by atoms with Gasteiger partial charge in [-0.05, 0) is 92.4 Å². The van der Waals surface area contributed by atoms with Crippen molar-refractivity contribution in [3.8, 4) is 0 Å². The van der Waals surface area contributed by atoms with Crippen molar-refractivity contribution in [2.24, 2.45) is 0 Å². The van der Waals surface area contributed by atoms with Crippen molar-refractivity contribution in [1.82, 2.24) is 9.80 Å². The average molecular weight is 529 g/mol. The number of aryl methyl sites for hydroxylation is 2. The van der Waals surface area contributed by atoms with E-state index in [4.69, 9.17) is 0 Å². The van der Waals surface area contributed by atoms with Gasteiger partial charge >= 0.3 is 0 Å². The summed E-state index contributed by atoms with van der Waals surface area (Å²) in [6.45, 7) is 21.5. The molecule has 0 spiro atoms. The first kappa shape index (κ1) is 30.2. The molecule has 0 bridgehead atoms. The molecule has 2 nitrogen and oxygen atoms in total. The van der Waals surface area contributed by atoms with Gasteiger partial charge in [0.2, 0.25) is 0 Å². The highest BCUT2D eigenvalue weighted by Crippen LogP contribution is 2.40. The zero-order valence-electron chi connectivity index (χ0n) is 23.5. The molecule has 3 rings (SSSR count). The maximum absolute atomic E-state index is 3.87. The number of unbranched alkanes of at least 4 members (excludes halogenated alkanes) is 4. The predicted molar refractivity (Wildman–Crippen MR) is 169 cm³/mol. The van der Waals surface area contributed by atoms with Crippen LogP contribution >= 0.6 is 11.8 Å². The molecule has 0 fully saturated rings. The van der Waals surface area contributed by atoms with Gasteiger partial charge in [-0.2, -0.15) is 0 Å². The van der Waals surface area contributed by atoms with Gasteiger partial charge in [0, 0.05) is 36.0 Å². The van der Waals surface area contributed by atoms with Gasteiger partial charge in [0.15, 0.2) is 0 Å². The lowest BCUT2D eigenvalue weighted by atomic mass is 9.97. The van der Waals surface area contributed by atoms with Gasteiger partial charge in [-0.15, -0.1) is 26.3 Å². The van der Waals surface area contributed by atoms with E-state index < -0.39 is 0 Å². The SMILES string of the molecule is C=CCN(CC=C)CCCCCc1ccc2c(c1)Cc1cc(CCCCCN(CC=C)CC=C)ccc1S2. The second kappa shape index (κ2) is 17.3. The highest BCUT2D eigenvalue weighted by atomic mass is 32.2. The smallest absolute Gasteiger partial charge is 0.0163 e. The molecule has 2 aromatic carbocycles. The molecular formula is C35H48N2S. The summed E-state index contributed by atoms with van der Waals surface area (Å²) in [6.07, 6.45) is 18.9. The van der Waals surface area contributed by atoms with Gasteiger partial charge in [0.1, 0.15) is 0 Å². The van der Waals surface area contributed by atoms with Crippen molar-refractivity contribution in [3.05, 3.63) is 109 Å². The molecule has 0 unspecified atom stereocenters. The molecule has 1 heterocycles. The summed E-state index contributed by atoms with van der Waals surface area (Å²) in [5.74, 6) is 0. The molecule has 0 aromatic heterocycles. The van der Waals surface area contributed by atoms with Crippen LogP contribution in [0, 0.1) is 0 Å². The molecule has 0 saturated carbocycles. The van der Waals surface area contributed by atoms with E-state index in [0.29, 0.717) is 0 Å². The molecule has 0 amide bonds. The first-order valence-corrected chi connectivity index (χ1v) is 15.3. The highest BCUT2D eigenvalue weighted by molar-refractivity contribution is 7.99. The molecule has 3 heteroatoms. The normalized spacial score (nSPS) is 12.3. The molecule has 0 radical (unpaired) electrons. The van der Waals surface area contributed by atoms with E-state index in [2.05, 4.69) is 72.5 Å². The first-order chi connectivity index (χ1) is 18.7. The maximum atomic E-state index is 3.87. The van der Waals surface area contributed by atoms with E-state index in [9.17, 15) is 0 Å². The average Bonchev–Trinajstić information content (AvgIpc) is 2.92. The standard InChI is InChI=1S/C35H48N2S/c1-5-21-36(22-6-2)25-13-9-11-15-30-17-19-34-32(27-30)29-33-28-31(18-20-35(33)38-34)16-12-10-14-26-37(23-7-3)24-8-4/h5-8,17-20,27-28H,1-4,9-16,21-26,29H2. The lowest BCUT2D eigenvalue weighted by molar-refractivity contribution is 0.325. The van der Waals surface area contributed by atoms with E-state index in [-0.39, 0.29) is 0 Å². The van der Waals surface area contributed by atoms with Crippen molar-refractivity contribution < 1.29 is 0 Å². The second-order valence-corrected chi connectivity index (χ2v) is 11.5. The van der Waals surface area contributed by atoms with Crippen molar-refractivity contribution >= 4 is 11.8 Å². The molecule has 0 N–H and O–H groups in total. The van der Waals surface area contributed by atoms with Gasteiger partial charge in [-0.25, -0.2) is 0 Å². The van der Waals surface area contributed by atoms with Crippen LogP contribution in [0.1, 0.15) is 60.8 Å². The van der Waals surface area contributed by atoms with Crippen LogP contribution in [0.25, 0.3) is 0 Å². The van der Waals surface area contributed by atoms with Crippen LogP contribution in [-0.2, 0) is 19.3 Å². The molecule has 0 aliphatic carbocycles. The summed E-state index contributed by atoms with van der Waals surface area (Å²) < 4.78 is 0. The maximum Gasteiger partial charge on any atom is 0.0163 e. The van der Waals surface area contributed by atoms with Crippen molar-refractivity contribution in [2.45, 2.75) is 67.6 Å². The topological polar surface area (TPSA) is 6.48 Å². The third-order valence-corrected chi connectivity index (χ3v) is 8.52. The van der Waals surface area contributed by atoms with E-state index in [1.54, 1.807) is 0 Å². The Morgan fingerprint density at radius 3 is 1.39 bits per heavy atom. The monoisotopic (exact) mass is 528 g/mol. The predicted octanol–water partition coefficient (Wildman–Crippen LogP) is 8.52. The summed E-state index contributed by atoms with van der Waals surface area (Å²) in [5.41, 5.74) is 5.98. The third kappa shape index (κ3) is 10.1. The zero-order valence-corrected chi connectivity index (χ0v) is 24.3. The fourth-order valence-corrected chi connectivity index (χ4v) is 6.34. The van der Waals surface area contributed by atoms with Gasteiger partial charge in [-0.1, -0.05) is 73.2 Å². The summed E-state index contributed by atoms with van der Waals surface area (Å²) in [5, 5.41) is 0. The number of hydrogen-bond acceptors (Lipinski definition) is 3. The van der Waals surface area contributed by atoms with Crippen molar-refractivity contribution in [2.75, 3.05) is 39.3 Å². The molecule has 204 valence electrons. The van der Waals surface area contributed by atoms with Gasteiger partial charge in [-0.3, -0.25) is 9.80 Å². The zero-order chi connectivity index (χ0) is 27.0. The lowest BCUT2D eigenvalue weighted by Gasteiger charge is -2.21. The van der Waals surface area contributed by atoms with E-state index >= 15 is 0 Å². The molecule has 1 aliphatic rings. The number of rotatable bonds is 20. The lowest BCUT2D eigenvalue weighted by Crippen LogP contribution is -2.25. The molecule has 38 heavy (non-hydrogen) atoms. The van der Waals surface area contributed by atoms with Crippen molar-refractivity contribution in [1.29, 1.82) is 0 Å². The molecule has 0 atom stereocenters. The number of hydrogen-bond donors (Lipinski definition) is 0. The van der Waals surface area contributed by atoms with E-state index in [1.165, 1.54) is 83.4 Å². The fraction of sp³-hybridized carbons (Fsp3) is 0.429. The number of nitrogens with zero attached hydrogens (tertiary/aromatic N) is 2. The summed E-state index contributed by atoms with van der Waals surface area (Å²) in [4.78, 5) is 7.68. The molecular weight excluding hydrogens is 480 g/mol. The Hall–Kier alpha value is -2.33. The van der Waals surface area contributed by atoms with E-state index in [1.807, 2.05) is 36.1 Å². The minimum absolute atomic E-state index is 0.947. The molecule has 0 saturated heterocycles. The summed E-state index contributed by atoms with van der Waals surface area (Å²) in [6, 6.07) is 14.3. The number of fused-ring (bicyclic) bond motifs is 2. The van der Waals surface area contributed by atoms with Crippen LogP contribution in [0.2, 0.25) is 0 Å². The Labute approximate surface area is 237 Å². The minimum Gasteiger partial charge on any atom is -0.296 e. The first-order valence-electron chi connectivity index (χ1n) is 14.5. The Balaban J connectivity index is 1.44. The van der Waals surface area contributed by atoms with Gasteiger partial charge < -0.3 is 0 Å². The van der Waals surface area contributed by atoms with Crippen LogP contribution in [0.3, 0.4) is 0 Å². The Morgan fingerprint density at radius 1 is 0.579 bits per heavy atom. The van der Waals surface area contributed by atoms with Crippen molar-refractivity contribution in [3.63, 3.8) is 0 Å². The highest BCUT2D eigenvalue weighted by Gasteiger charge is 2.17.